The monoisotopic (exact) mass is 314 g/mol. The zero-order valence-electron chi connectivity index (χ0n) is 11.1. The first-order valence-corrected chi connectivity index (χ1v) is 7.66. The van der Waals surface area contributed by atoms with Gasteiger partial charge in [-0.25, -0.2) is 4.98 Å². The number of halogens is 2. The van der Waals surface area contributed by atoms with Crippen LogP contribution in [-0.2, 0) is 5.88 Å². The standard InChI is InChI=1S/C17H12Cl2N2/c18-10-11-7-12(9-13(19)8-11)16-14-3-1-2-4-15(14)17-20-5-6-21(16)17/h1-9,16H,10H2. The highest BCUT2D eigenvalue weighted by atomic mass is 35.5. The van der Waals surface area contributed by atoms with Gasteiger partial charge in [0.15, 0.2) is 0 Å². The molecule has 1 unspecified atom stereocenters. The molecule has 1 aliphatic heterocycles. The maximum atomic E-state index is 6.25. The van der Waals surface area contributed by atoms with Crippen molar-refractivity contribution >= 4 is 23.2 Å². The molecule has 0 fully saturated rings. The van der Waals surface area contributed by atoms with Gasteiger partial charge in [0.25, 0.3) is 0 Å². The molecule has 4 heteroatoms. The second kappa shape index (κ2) is 4.90. The SMILES string of the molecule is ClCc1cc(Cl)cc(C2c3ccccc3-c3nccn32)c1. The largest absolute Gasteiger partial charge is 0.319 e. The Morgan fingerprint density at radius 1 is 1.14 bits per heavy atom. The van der Waals surface area contributed by atoms with E-state index in [1.165, 1.54) is 11.1 Å². The van der Waals surface area contributed by atoms with Gasteiger partial charge >= 0.3 is 0 Å². The number of hydrogen-bond donors (Lipinski definition) is 0. The summed E-state index contributed by atoms with van der Waals surface area (Å²) in [6.45, 7) is 0. The summed E-state index contributed by atoms with van der Waals surface area (Å²) in [5, 5.41) is 0.717. The second-order valence-corrected chi connectivity index (χ2v) is 5.88. The Morgan fingerprint density at radius 2 is 2.00 bits per heavy atom. The highest BCUT2D eigenvalue weighted by Crippen LogP contribution is 2.42. The Hall–Kier alpha value is -1.77. The van der Waals surface area contributed by atoms with Gasteiger partial charge < -0.3 is 4.57 Å². The number of rotatable bonds is 2. The van der Waals surface area contributed by atoms with Crippen molar-refractivity contribution in [1.82, 2.24) is 9.55 Å². The average Bonchev–Trinajstić information content (AvgIpc) is 3.06. The summed E-state index contributed by atoms with van der Waals surface area (Å²) in [5.41, 5.74) is 4.61. The second-order valence-electron chi connectivity index (χ2n) is 5.17. The summed E-state index contributed by atoms with van der Waals surface area (Å²) in [6, 6.07) is 14.5. The van der Waals surface area contributed by atoms with Crippen LogP contribution in [0.4, 0.5) is 0 Å². The van der Waals surface area contributed by atoms with E-state index in [4.69, 9.17) is 23.2 Å². The molecule has 0 saturated heterocycles. The Kier molecular flexibility index (Phi) is 3.02. The summed E-state index contributed by atoms with van der Waals surface area (Å²) in [7, 11) is 0. The minimum atomic E-state index is 0.111. The van der Waals surface area contributed by atoms with Crippen molar-refractivity contribution in [2.75, 3.05) is 0 Å². The topological polar surface area (TPSA) is 17.8 Å². The minimum absolute atomic E-state index is 0.111. The number of aromatic nitrogens is 2. The lowest BCUT2D eigenvalue weighted by molar-refractivity contribution is 0.715. The Labute approximate surface area is 133 Å². The average molecular weight is 315 g/mol. The predicted octanol–water partition coefficient (Wildman–Crippen LogP) is 4.89. The molecule has 2 heterocycles. The molecule has 0 spiro atoms. The predicted molar refractivity (Wildman–Crippen MR) is 85.9 cm³/mol. The van der Waals surface area contributed by atoms with Crippen molar-refractivity contribution in [3.63, 3.8) is 0 Å². The van der Waals surface area contributed by atoms with Crippen LogP contribution in [0.2, 0.25) is 5.02 Å². The van der Waals surface area contributed by atoms with Crippen LogP contribution in [0.25, 0.3) is 11.4 Å². The number of benzene rings is 2. The van der Waals surface area contributed by atoms with E-state index in [1.54, 1.807) is 0 Å². The molecule has 2 nitrogen and oxygen atoms in total. The minimum Gasteiger partial charge on any atom is -0.319 e. The van der Waals surface area contributed by atoms with E-state index in [-0.39, 0.29) is 6.04 Å². The van der Waals surface area contributed by atoms with E-state index in [2.05, 4.69) is 33.8 Å². The van der Waals surface area contributed by atoms with Gasteiger partial charge in [0.1, 0.15) is 5.82 Å². The molecule has 21 heavy (non-hydrogen) atoms. The fourth-order valence-electron chi connectivity index (χ4n) is 3.07. The smallest absolute Gasteiger partial charge is 0.141 e. The zero-order chi connectivity index (χ0) is 14.4. The molecular formula is C17H12Cl2N2. The summed E-state index contributed by atoms with van der Waals surface area (Å²) in [5.74, 6) is 1.46. The van der Waals surface area contributed by atoms with Crippen LogP contribution in [0, 0.1) is 0 Å². The molecule has 0 radical (unpaired) electrons. The molecule has 104 valence electrons. The van der Waals surface area contributed by atoms with Crippen LogP contribution in [0.15, 0.2) is 54.9 Å². The molecule has 0 amide bonds. The van der Waals surface area contributed by atoms with Gasteiger partial charge in [-0.1, -0.05) is 41.9 Å². The number of imidazole rings is 1. The van der Waals surface area contributed by atoms with Crippen LogP contribution >= 0.6 is 23.2 Å². The van der Waals surface area contributed by atoms with Crippen molar-refractivity contribution in [2.24, 2.45) is 0 Å². The fraction of sp³-hybridized carbons (Fsp3) is 0.118. The maximum absolute atomic E-state index is 6.25. The molecule has 4 rings (SSSR count). The summed E-state index contributed by atoms with van der Waals surface area (Å²) < 4.78 is 2.19. The van der Waals surface area contributed by atoms with Gasteiger partial charge in [-0.15, -0.1) is 11.6 Å². The quantitative estimate of drug-likeness (QED) is 0.481. The fourth-order valence-corrected chi connectivity index (χ4v) is 3.49. The molecule has 0 bridgehead atoms. The Bertz CT molecular complexity index is 823. The van der Waals surface area contributed by atoms with Crippen LogP contribution in [0.1, 0.15) is 22.7 Å². The van der Waals surface area contributed by atoms with Crippen molar-refractivity contribution < 1.29 is 0 Å². The van der Waals surface area contributed by atoms with Gasteiger partial charge in [0, 0.05) is 28.9 Å². The number of nitrogens with zero attached hydrogens (tertiary/aromatic N) is 2. The number of hydrogen-bond acceptors (Lipinski definition) is 1. The van der Waals surface area contributed by atoms with E-state index in [0.29, 0.717) is 10.9 Å². The third-order valence-corrected chi connectivity index (χ3v) is 4.42. The Balaban J connectivity index is 1.95. The summed E-state index contributed by atoms with van der Waals surface area (Å²) in [4.78, 5) is 4.48. The molecule has 1 atom stereocenters. The van der Waals surface area contributed by atoms with Crippen LogP contribution in [0.5, 0.6) is 0 Å². The highest BCUT2D eigenvalue weighted by molar-refractivity contribution is 6.30. The van der Waals surface area contributed by atoms with Gasteiger partial charge in [-0.3, -0.25) is 0 Å². The molecule has 1 aliphatic rings. The van der Waals surface area contributed by atoms with Crippen molar-refractivity contribution in [1.29, 1.82) is 0 Å². The van der Waals surface area contributed by atoms with Crippen molar-refractivity contribution in [3.05, 3.63) is 76.6 Å². The third-order valence-electron chi connectivity index (χ3n) is 3.89. The first kappa shape index (κ1) is 12.9. The lowest BCUT2D eigenvalue weighted by Gasteiger charge is -2.16. The van der Waals surface area contributed by atoms with Gasteiger partial charge in [-0.05, 0) is 28.8 Å². The molecule has 0 N–H and O–H groups in total. The first-order chi connectivity index (χ1) is 10.3. The van der Waals surface area contributed by atoms with E-state index >= 15 is 0 Å². The number of alkyl halides is 1. The third kappa shape index (κ3) is 1.98. The van der Waals surface area contributed by atoms with Crippen molar-refractivity contribution in [3.8, 4) is 11.4 Å². The maximum Gasteiger partial charge on any atom is 0.141 e. The van der Waals surface area contributed by atoms with Gasteiger partial charge in [0.05, 0.1) is 6.04 Å². The Morgan fingerprint density at radius 3 is 2.86 bits per heavy atom. The first-order valence-electron chi connectivity index (χ1n) is 6.75. The van der Waals surface area contributed by atoms with E-state index in [1.807, 2.05) is 30.6 Å². The summed E-state index contributed by atoms with van der Waals surface area (Å²) >= 11 is 12.2. The molecule has 2 aromatic carbocycles. The zero-order valence-corrected chi connectivity index (χ0v) is 12.6. The molecule has 1 aromatic heterocycles. The normalized spacial score (nSPS) is 15.8. The molecule has 0 saturated carbocycles. The molecule has 3 aromatic rings. The van der Waals surface area contributed by atoms with Crippen LogP contribution in [-0.4, -0.2) is 9.55 Å². The van der Waals surface area contributed by atoms with Crippen LogP contribution in [0.3, 0.4) is 0 Å². The lowest BCUT2D eigenvalue weighted by atomic mass is 9.96. The van der Waals surface area contributed by atoms with E-state index in [0.717, 1.165) is 17.0 Å². The number of fused-ring (bicyclic) bond motifs is 3. The van der Waals surface area contributed by atoms with E-state index in [9.17, 15) is 0 Å². The lowest BCUT2D eigenvalue weighted by Crippen LogP contribution is -2.07. The van der Waals surface area contributed by atoms with Gasteiger partial charge in [0.2, 0.25) is 0 Å². The van der Waals surface area contributed by atoms with Crippen molar-refractivity contribution in [2.45, 2.75) is 11.9 Å². The highest BCUT2D eigenvalue weighted by Gasteiger charge is 2.30. The molecule has 0 aliphatic carbocycles. The van der Waals surface area contributed by atoms with E-state index < -0.39 is 0 Å². The molecular weight excluding hydrogens is 303 g/mol. The summed E-state index contributed by atoms with van der Waals surface area (Å²) in [6.07, 6.45) is 3.85. The van der Waals surface area contributed by atoms with Crippen LogP contribution < -0.4 is 0 Å². The van der Waals surface area contributed by atoms with Gasteiger partial charge in [-0.2, -0.15) is 0 Å².